The maximum atomic E-state index is 11.6. The summed E-state index contributed by atoms with van der Waals surface area (Å²) in [5.74, 6) is 0.201. The van der Waals surface area contributed by atoms with E-state index in [1.807, 2.05) is 12.1 Å². The third-order valence-corrected chi connectivity index (χ3v) is 2.83. The van der Waals surface area contributed by atoms with Crippen molar-refractivity contribution in [2.24, 2.45) is 0 Å². The van der Waals surface area contributed by atoms with Crippen LogP contribution in [0.4, 0.5) is 5.69 Å². The van der Waals surface area contributed by atoms with Gasteiger partial charge in [-0.1, -0.05) is 11.6 Å². The van der Waals surface area contributed by atoms with Crippen molar-refractivity contribution in [2.45, 2.75) is 13.3 Å². The van der Waals surface area contributed by atoms with E-state index in [1.54, 1.807) is 6.07 Å². The summed E-state index contributed by atoms with van der Waals surface area (Å²) in [7, 11) is 0. The number of carbonyl (C=O) groups excluding carboxylic acids is 1. The number of hydrogen-bond acceptors (Lipinski definition) is 2. The lowest BCUT2D eigenvalue weighted by atomic mass is 10.0. The Balaban J connectivity index is 2.51. The normalized spacial score (nSPS) is 15.6. The van der Waals surface area contributed by atoms with E-state index in [2.05, 4.69) is 11.8 Å². The van der Waals surface area contributed by atoms with Gasteiger partial charge in [0.2, 0.25) is 0 Å². The zero-order chi connectivity index (χ0) is 10.1. The molecule has 0 unspecified atom stereocenters. The molecule has 3 heteroatoms. The summed E-state index contributed by atoms with van der Waals surface area (Å²) >= 11 is 5.86. The van der Waals surface area contributed by atoms with E-state index in [9.17, 15) is 4.79 Å². The largest absolute Gasteiger partial charge is 0.371 e. The van der Waals surface area contributed by atoms with Crippen LogP contribution in [-0.2, 0) is 0 Å². The lowest BCUT2D eigenvalue weighted by Gasteiger charge is -2.29. The molecule has 1 aliphatic heterocycles. The average Bonchev–Trinajstić information content (AvgIpc) is 2.19. The molecule has 0 aromatic heterocycles. The van der Waals surface area contributed by atoms with Gasteiger partial charge >= 0.3 is 0 Å². The van der Waals surface area contributed by atoms with Crippen LogP contribution in [0, 0.1) is 0 Å². The number of fused-ring (bicyclic) bond motifs is 1. The van der Waals surface area contributed by atoms with Crippen LogP contribution in [0.1, 0.15) is 23.7 Å². The van der Waals surface area contributed by atoms with Crippen LogP contribution < -0.4 is 4.90 Å². The van der Waals surface area contributed by atoms with Gasteiger partial charge in [-0.15, -0.1) is 0 Å². The van der Waals surface area contributed by atoms with E-state index in [0.29, 0.717) is 11.4 Å². The molecule has 1 aromatic carbocycles. The van der Waals surface area contributed by atoms with Crippen LogP contribution in [0.15, 0.2) is 18.2 Å². The highest BCUT2D eigenvalue weighted by molar-refractivity contribution is 6.31. The Morgan fingerprint density at radius 3 is 3.00 bits per heavy atom. The topological polar surface area (TPSA) is 20.3 Å². The van der Waals surface area contributed by atoms with Gasteiger partial charge < -0.3 is 4.90 Å². The van der Waals surface area contributed by atoms with Crippen molar-refractivity contribution in [3.8, 4) is 0 Å². The minimum Gasteiger partial charge on any atom is -0.371 e. The Morgan fingerprint density at radius 2 is 2.29 bits per heavy atom. The molecule has 2 rings (SSSR count). The standard InChI is InChI=1S/C11H12ClNO/c1-2-13-6-5-11(14)9-7-8(12)3-4-10(9)13/h3-4,7H,2,5-6H2,1H3. The van der Waals surface area contributed by atoms with Crippen LogP contribution in [0.25, 0.3) is 0 Å². The predicted octanol–water partition coefficient (Wildman–Crippen LogP) is 2.75. The number of benzene rings is 1. The van der Waals surface area contributed by atoms with Gasteiger partial charge in [-0.25, -0.2) is 0 Å². The number of ketones is 1. The van der Waals surface area contributed by atoms with Crippen molar-refractivity contribution >= 4 is 23.1 Å². The predicted molar refractivity (Wildman–Crippen MR) is 58.3 cm³/mol. The fourth-order valence-corrected chi connectivity index (χ4v) is 2.00. The summed E-state index contributed by atoms with van der Waals surface area (Å²) in [5.41, 5.74) is 1.79. The first-order chi connectivity index (χ1) is 6.72. The fraction of sp³-hybridized carbons (Fsp3) is 0.364. The van der Waals surface area contributed by atoms with E-state index in [4.69, 9.17) is 11.6 Å². The monoisotopic (exact) mass is 209 g/mol. The summed E-state index contributed by atoms with van der Waals surface area (Å²) in [6.45, 7) is 3.85. The summed E-state index contributed by atoms with van der Waals surface area (Å²) in [5, 5.41) is 0.634. The third kappa shape index (κ3) is 1.50. The molecule has 0 atom stereocenters. The van der Waals surface area contributed by atoms with Gasteiger partial charge in [-0.2, -0.15) is 0 Å². The van der Waals surface area contributed by atoms with Gasteiger partial charge in [-0.05, 0) is 25.1 Å². The van der Waals surface area contributed by atoms with Gasteiger partial charge in [0.25, 0.3) is 0 Å². The van der Waals surface area contributed by atoms with Crippen molar-refractivity contribution in [3.63, 3.8) is 0 Å². The molecule has 1 aromatic rings. The molecule has 1 heterocycles. The molecule has 0 N–H and O–H groups in total. The van der Waals surface area contributed by atoms with E-state index >= 15 is 0 Å². The highest BCUT2D eigenvalue weighted by Crippen LogP contribution is 2.29. The Kier molecular flexibility index (Phi) is 2.46. The fourth-order valence-electron chi connectivity index (χ4n) is 1.83. The second-order valence-electron chi connectivity index (χ2n) is 3.41. The Bertz CT molecular complexity index is 376. The van der Waals surface area contributed by atoms with Gasteiger partial charge in [0, 0.05) is 35.8 Å². The van der Waals surface area contributed by atoms with Crippen molar-refractivity contribution in [3.05, 3.63) is 28.8 Å². The summed E-state index contributed by atoms with van der Waals surface area (Å²) < 4.78 is 0. The highest BCUT2D eigenvalue weighted by atomic mass is 35.5. The van der Waals surface area contributed by atoms with Crippen molar-refractivity contribution in [2.75, 3.05) is 18.0 Å². The van der Waals surface area contributed by atoms with Crippen LogP contribution in [0.2, 0.25) is 5.02 Å². The second-order valence-corrected chi connectivity index (χ2v) is 3.85. The Hall–Kier alpha value is -1.02. The third-order valence-electron chi connectivity index (χ3n) is 2.59. The lowest BCUT2D eigenvalue weighted by molar-refractivity contribution is 0.0980. The molecule has 14 heavy (non-hydrogen) atoms. The number of Topliss-reactive ketones (excluding diaryl/α,β-unsaturated/α-hetero) is 1. The molecule has 0 fully saturated rings. The minimum atomic E-state index is 0.201. The molecule has 1 aliphatic rings. The molecule has 2 nitrogen and oxygen atoms in total. The first kappa shape index (κ1) is 9.53. The van der Waals surface area contributed by atoms with E-state index in [1.165, 1.54) is 0 Å². The smallest absolute Gasteiger partial charge is 0.166 e. The summed E-state index contributed by atoms with van der Waals surface area (Å²) in [4.78, 5) is 13.8. The molecule has 0 saturated carbocycles. The van der Waals surface area contributed by atoms with Crippen molar-refractivity contribution in [1.82, 2.24) is 0 Å². The molecule has 0 aliphatic carbocycles. The number of rotatable bonds is 1. The molecular weight excluding hydrogens is 198 g/mol. The minimum absolute atomic E-state index is 0.201. The zero-order valence-electron chi connectivity index (χ0n) is 8.09. The lowest BCUT2D eigenvalue weighted by Crippen LogP contribution is -2.31. The summed E-state index contributed by atoms with van der Waals surface area (Å²) in [6, 6.07) is 5.53. The molecule has 74 valence electrons. The van der Waals surface area contributed by atoms with Gasteiger partial charge in [0.05, 0.1) is 0 Å². The maximum absolute atomic E-state index is 11.6. The average molecular weight is 210 g/mol. The first-order valence-electron chi connectivity index (χ1n) is 4.80. The van der Waals surface area contributed by atoms with E-state index in [-0.39, 0.29) is 5.78 Å². The zero-order valence-corrected chi connectivity index (χ0v) is 8.84. The molecular formula is C11H12ClNO. The number of anilines is 1. The Morgan fingerprint density at radius 1 is 1.50 bits per heavy atom. The van der Waals surface area contributed by atoms with Crippen LogP contribution in [0.5, 0.6) is 0 Å². The maximum Gasteiger partial charge on any atom is 0.166 e. The SMILES string of the molecule is CCN1CCC(=O)c2cc(Cl)ccc21. The Labute approximate surface area is 88.5 Å². The highest BCUT2D eigenvalue weighted by Gasteiger charge is 2.21. The number of carbonyl (C=O) groups is 1. The molecule has 0 saturated heterocycles. The number of hydrogen-bond donors (Lipinski definition) is 0. The molecule has 0 radical (unpaired) electrons. The van der Waals surface area contributed by atoms with Gasteiger partial charge in [0.1, 0.15) is 0 Å². The van der Waals surface area contributed by atoms with Crippen molar-refractivity contribution < 1.29 is 4.79 Å². The number of halogens is 1. The van der Waals surface area contributed by atoms with Gasteiger partial charge in [0.15, 0.2) is 5.78 Å². The van der Waals surface area contributed by atoms with E-state index < -0.39 is 0 Å². The molecule has 0 amide bonds. The first-order valence-corrected chi connectivity index (χ1v) is 5.18. The molecule has 0 spiro atoms. The van der Waals surface area contributed by atoms with Crippen molar-refractivity contribution in [1.29, 1.82) is 0 Å². The summed E-state index contributed by atoms with van der Waals surface area (Å²) in [6.07, 6.45) is 0.598. The second kappa shape index (κ2) is 3.62. The molecule has 0 bridgehead atoms. The van der Waals surface area contributed by atoms with Crippen LogP contribution in [0.3, 0.4) is 0 Å². The van der Waals surface area contributed by atoms with Crippen LogP contribution >= 0.6 is 11.6 Å². The van der Waals surface area contributed by atoms with Gasteiger partial charge in [-0.3, -0.25) is 4.79 Å². The van der Waals surface area contributed by atoms with E-state index in [0.717, 1.165) is 24.3 Å². The van der Waals surface area contributed by atoms with Crippen LogP contribution in [-0.4, -0.2) is 18.9 Å². The number of nitrogens with zero attached hydrogens (tertiary/aromatic N) is 1. The quantitative estimate of drug-likeness (QED) is 0.709.